The Morgan fingerprint density at radius 2 is 2.23 bits per heavy atom. The smallest absolute Gasteiger partial charge is 0.237 e. The average Bonchev–Trinajstić information content (AvgIpc) is 3.00. The Labute approximate surface area is 131 Å². The minimum atomic E-state index is -0.0582. The molecule has 0 saturated carbocycles. The molecule has 2 saturated heterocycles. The van der Waals surface area contributed by atoms with Crippen molar-refractivity contribution in [2.45, 2.75) is 44.7 Å². The first-order valence-electron chi connectivity index (χ1n) is 8.14. The van der Waals surface area contributed by atoms with Crippen molar-refractivity contribution in [1.29, 1.82) is 0 Å². The van der Waals surface area contributed by atoms with Crippen LogP contribution in [0.1, 0.15) is 37.7 Å². The molecule has 2 heterocycles. The third-order valence-corrected chi connectivity index (χ3v) is 4.39. The van der Waals surface area contributed by atoms with Crippen LogP contribution in [0.5, 0.6) is 0 Å². The zero-order chi connectivity index (χ0) is 15.4. The zero-order valence-electron chi connectivity index (χ0n) is 12.8. The number of carbonyl (C=O) groups is 2. The van der Waals surface area contributed by atoms with Gasteiger partial charge >= 0.3 is 0 Å². The Morgan fingerprint density at radius 1 is 1.32 bits per heavy atom. The molecule has 118 valence electrons. The lowest BCUT2D eigenvalue weighted by molar-refractivity contribution is -0.123. The predicted molar refractivity (Wildman–Crippen MR) is 85.5 cm³/mol. The Hall–Kier alpha value is -1.88. The second-order valence-electron chi connectivity index (χ2n) is 6.04. The number of benzene rings is 1. The maximum atomic E-state index is 12.1. The van der Waals surface area contributed by atoms with E-state index in [9.17, 15) is 9.59 Å². The predicted octanol–water partition coefficient (Wildman–Crippen LogP) is 1.57. The fourth-order valence-electron chi connectivity index (χ4n) is 3.14. The lowest BCUT2D eigenvalue weighted by Gasteiger charge is -2.22. The van der Waals surface area contributed by atoms with Crippen LogP contribution in [0.25, 0.3) is 0 Å². The molecular formula is C17H23N3O2. The SMILES string of the molecule is O=C(NCc1cccc(N2CCCC2=O)c1)C1CCCCN1. The molecule has 2 aliphatic rings. The molecule has 5 nitrogen and oxygen atoms in total. The van der Waals surface area contributed by atoms with Crippen LogP contribution in [-0.2, 0) is 16.1 Å². The van der Waals surface area contributed by atoms with Gasteiger partial charge in [0.25, 0.3) is 0 Å². The highest BCUT2D eigenvalue weighted by molar-refractivity contribution is 5.95. The van der Waals surface area contributed by atoms with Crippen LogP contribution in [0.4, 0.5) is 5.69 Å². The molecule has 2 amide bonds. The number of hydrogen-bond donors (Lipinski definition) is 2. The molecule has 2 fully saturated rings. The van der Waals surface area contributed by atoms with Gasteiger partial charge in [0.05, 0.1) is 6.04 Å². The molecule has 5 heteroatoms. The number of nitrogens with one attached hydrogen (secondary N) is 2. The maximum Gasteiger partial charge on any atom is 0.237 e. The number of anilines is 1. The van der Waals surface area contributed by atoms with Crippen LogP contribution in [0.3, 0.4) is 0 Å². The molecule has 1 atom stereocenters. The summed E-state index contributed by atoms with van der Waals surface area (Å²) in [6, 6.07) is 7.83. The topological polar surface area (TPSA) is 61.4 Å². The molecule has 2 aliphatic heterocycles. The van der Waals surface area contributed by atoms with E-state index in [1.54, 1.807) is 0 Å². The van der Waals surface area contributed by atoms with Crippen molar-refractivity contribution >= 4 is 17.5 Å². The highest BCUT2D eigenvalue weighted by atomic mass is 16.2. The molecule has 22 heavy (non-hydrogen) atoms. The number of hydrogen-bond acceptors (Lipinski definition) is 3. The second kappa shape index (κ2) is 6.92. The van der Waals surface area contributed by atoms with Crippen molar-refractivity contribution in [2.24, 2.45) is 0 Å². The molecule has 1 unspecified atom stereocenters. The summed E-state index contributed by atoms with van der Waals surface area (Å²) in [5.41, 5.74) is 1.96. The van der Waals surface area contributed by atoms with Gasteiger partial charge in [-0.1, -0.05) is 18.6 Å². The van der Waals surface area contributed by atoms with Gasteiger partial charge in [-0.05, 0) is 43.5 Å². The molecule has 1 aromatic carbocycles. The normalized spacial score (nSPS) is 21.9. The van der Waals surface area contributed by atoms with Crippen LogP contribution < -0.4 is 15.5 Å². The van der Waals surface area contributed by atoms with Crippen molar-refractivity contribution in [1.82, 2.24) is 10.6 Å². The van der Waals surface area contributed by atoms with Gasteiger partial charge in [0.1, 0.15) is 0 Å². The molecule has 3 rings (SSSR count). The largest absolute Gasteiger partial charge is 0.351 e. The molecule has 0 aromatic heterocycles. The van der Waals surface area contributed by atoms with Crippen LogP contribution in [0.2, 0.25) is 0 Å². The quantitative estimate of drug-likeness (QED) is 0.887. The van der Waals surface area contributed by atoms with E-state index in [-0.39, 0.29) is 17.9 Å². The number of carbonyl (C=O) groups excluding carboxylic acids is 2. The molecular weight excluding hydrogens is 278 g/mol. The molecule has 0 aliphatic carbocycles. The maximum absolute atomic E-state index is 12.1. The molecule has 2 N–H and O–H groups in total. The van der Waals surface area contributed by atoms with Crippen molar-refractivity contribution < 1.29 is 9.59 Å². The third kappa shape index (κ3) is 3.47. The number of amides is 2. The van der Waals surface area contributed by atoms with E-state index in [1.807, 2.05) is 29.2 Å². The van der Waals surface area contributed by atoms with Gasteiger partial charge in [0.2, 0.25) is 11.8 Å². The number of nitrogens with zero attached hydrogens (tertiary/aromatic N) is 1. The summed E-state index contributed by atoms with van der Waals surface area (Å²) in [5, 5.41) is 6.24. The second-order valence-corrected chi connectivity index (χ2v) is 6.04. The first-order valence-corrected chi connectivity index (χ1v) is 8.14. The standard InChI is InChI=1S/C17H23N3O2/c21-16-8-4-10-20(16)14-6-3-5-13(11-14)12-19-17(22)15-7-1-2-9-18-15/h3,5-6,11,15,18H,1-2,4,7-10,12H2,(H,19,22). The third-order valence-electron chi connectivity index (χ3n) is 4.39. The van der Waals surface area contributed by atoms with Crippen molar-refractivity contribution in [3.63, 3.8) is 0 Å². The van der Waals surface area contributed by atoms with Crippen molar-refractivity contribution in [3.05, 3.63) is 29.8 Å². The molecule has 1 aromatic rings. The van der Waals surface area contributed by atoms with Gasteiger partial charge in [-0.2, -0.15) is 0 Å². The Morgan fingerprint density at radius 3 is 2.95 bits per heavy atom. The summed E-state index contributed by atoms with van der Waals surface area (Å²) in [6.07, 6.45) is 4.73. The van der Waals surface area contributed by atoms with E-state index < -0.39 is 0 Å². The van der Waals surface area contributed by atoms with Crippen molar-refractivity contribution in [3.8, 4) is 0 Å². The molecule has 0 radical (unpaired) electrons. The minimum Gasteiger partial charge on any atom is -0.351 e. The highest BCUT2D eigenvalue weighted by Crippen LogP contribution is 2.22. The van der Waals surface area contributed by atoms with Gasteiger partial charge in [-0.3, -0.25) is 9.59 Å². The number of rotatable bonds is 4. The Balaban J connectivity index is 1.58. The van der Waals surface area contributed by atoms with E-state index in [0.717, 1.165) is 50.0 Å². The summed E-state index contributed by atoms with van der Waals surface area (Å²) in [6.45, 7) is 2.22. The van der Waals surface area contributed by atoms with Gasteiger partial charge < -0.3 is 15.5 Å². The highest BCUT2D eigenvalue weighted by Gasteiger charge is 2.22. The van der Waals surface area contributed by atoms with Gasteiger partial charge in [0, 0.05) is 25.2 Å². The monoisotopic (exact) mass is 301 g/mol. The summed E-state index contributed by atoms with van der Waals surface area (Å²) < 4.78 is 0. The zero-order valence-corrected chi connectivity index (χ0v) is 12.8. The fraction of sp³-hybridized carbons (Fsp3) is 0.529. The minimum absolute atomic E-state index is 0.0582. The van der Waals surface area contributed by atoms with E-state index in [0.29, 0.717) is 13.0 Å². The summed E-state index contributed by atoms with van der Waals surface area (Å²) >= 11 is 0. The summed E-state index contributed by atoms with van der Waals surface area (Å²) in [7, 11) is 0. The first kappa shape index (κ1) is 15.0. The van der Waals surface area contributed by atoms with Crippen LogP contribution >= 0.6 is 0 Å². The lowest BCUT2D eigenvalue weighted by atomic mass is 10.0. The number of piperidine rings is 1. The summed E-state index contributed by atoms with van der Waals surface area (Å²) in [4.78, 5) is 25.8. The molecule has 0 spiro atoms. The van der Waals surface area contributed by atoms with Gasteiger partial charge in [-0.25, -0.2) is 0 Å². The lowest BCUT2D eigenvalue weighted by Crippen LogP contribution is -2.46. The van der Waals surface area contributed by atoms with Crippen LogP contribution in [0, 0.1) is 0 Å². The summed E-state index contributed by atoms with van der Waals surface area (Å²) in [5.74, 6) is 0.259. The fourth-order valence-corrected chi connectivity index (χ4v) is 3.14. The van der Waals surface area contributed by atoms with E-state index >= 15 is 0 Å². The van der Waals surface area contributed by atoms with Crippen LogP contribution in [0.15, 0.2) is 24.3 Å². The van der Waals surface area contributed by atoms with Crippen LogP contribution in [-0.4, -0.2) is 30.9 Å². The molecule has 0 bridgehead atoms. The van der Waals surface area contributed by atoms with Gasteiger partial charge in [-0.15, -0.1) is 0 Å². The Kier molecular flexibility index (Phi) is 4.73. The van der Waals surface area contributed by atoms with Gasteiger partial charge in [0.15, 0.2) is 0 Å². The first-order chi connectivity index (χ1) is 10.7. The Bertz CT molecular complexity index is 553. The average molecular weight is 301 g/mol. The van der Waals surface area contributed by atoms with E-state index in [2.05, 4.69) is 10.6 Å². The van der Waals surface area contributed by atoms with E-state index in [1.165, 1.54) is 0 Å². The van der Waals surface area contributed by atoms with E-state index in [4.69, 9.17) is 0 Å². The van der Waals surface area contributed by atoms with Crippen molar-refractivity contribution in [2.75, 3.05) is 18.0 Å².